The first-order valence-corrected chi connectivity index (χ1v) is 9.58. The number of hydrogen-bond donors (Lipinski definition) is 0. The zero-order chi connectivity index (χ0) is 18.9. The monoisotopic (exact) mass is 356 g/mol. The summed E-state index contributed by atoms with van der Waals surface area (Å²) in [7, 11) is 1.36. The molecule has 0 aromatic carbocycles. The third-order valence-electron chi connectivity index (χ3n) is 4.39. The van der Waals surface area contributed by atoms with Crippen molar-refractivity contribution in [3.63, 3.8) is 0 Å². The van der Waals surface area contributed by atoms with Gasteiger partial charge in [-0.3, -0.25) is 9.80 Å². The highest BCUT2D eigenvalue weighted by molar-refractivity contribution is 5.82. The number of ether oxygens (including phenoxy) is 2. The van der Waals surface area contributed by atoms with Crippen LogP contribution in [0.5, 0.6) is 0 Å². The molecule has 25 heavy (non-hydrogen) atoms. The Morgan fingerprint density at radius 1 is 1.04 bits per heavy atom. The van der Waals surface area contributed by atoms with E-state index < -0.39 is 17.7 Å². The van der Waals surface area contributed by atoms with E-state index in [9.17, 15) is 9.59 Å². The second-order valence-corrected chi connectivity index (χ2v) is 7.78. The third-order valence-corrected chi connectivity index (χ3v) is 4.39. The van der Waals surface area contributed by atoms with E-state index in [0.717, 1.165) is 19.5 Å². The molecule has 1 unspecified atom stereocenters. The lowest BCUT2D eigenvalue weighted by Gasteiger charge is -2.40. The highest BCUT2D eigenvalue weighted by Gasteiger charge is 2.38. The van der Waals surface area contributed by atoms with Crippen molar-refractivity contribution in [3.8, 4) is 0 Å². The van der Waals surface area contributed by atoms with Crippen LogP contribution < -0.4 is 0 Å². The first-order chi connectivity index (χ1) is 11.8. The van der Waals surface area contributed by atoms with Crippen LogP contribution in [-0.2, 0) is 14.3 Å². The molecule has 1 aliphatic heterocycles. The second-order valence-electron chi connectivity index (χ2n) is 7.78. The minimum Gasteiger partial charge on any atom is -0.467 e. The van der Waals surface area contributed by atoms with Crippen LogP contribution >= 0.6 is 0 Å². The summed E-state index contributed by atoms with van der Waals surface area (Å²) >= 11 is 0. The van der Waals surface area contributed by atoms with Crippen molar-refractivity contribution < 1.29 is 19.1 Å². The van der Waals surface area contributed by atoms with Gasteiger partial charge in [0, 0.05) is 19.6 Å². The highest BCUT2D eigenvalue weighted by atomic mass is 16.6. The zero-order valence-electron chi connectivity index (χ0n) is 16.7. The van der Waals surface area contributed by atoms with Gasteiger partial charge in [0.25, 0.3) is 0 Å². The fourth-order valence-corrected chi connectivity index (χ4v) is 3.04. The van der Waals surface area contributed by atoms with Crippen molar-refractivity contribution in [2.45, 2.75) is 77.9 Å². The van der Waals surface area contributed by atoms with Gasteiger partial charge in [0.1, 0.15) is 11.6 Å². The van der Waals surface area contributed by atoms with Gasteiger partial charge in [-0.15, -0.1) is 0 Å². The number of carbonyl (C=O) groups is 2. The molecular weight excluding hydrogens is 320 g/mol. The van der Waals surface area contributed by atoms with Crippen molar-refractivity contribution in [2.24, 2.45) is 0 Å². The van der Waals surface area contributed by atoms with Gasteiger partial charge in [-0.1, -0.05) is 39.0 Å². The summed E-state index contributed by atoms with van der Waals surface area (Å²) in [6.07, 6.45) is 7.04. The number of piperazine rings is 1. The molecule has 0 aromatic heterocycles. The van der Waals surface area contributed by atoms with Gasteiger partial charge in [-0.05, 0) is 33.7 Å². The number of unbranched alkanes of at least 4 members (excludes halogenated alkanes) is 5. The summed E-state index contributed by atoms with van der Waals surface area (Å²) in [5, 5.41) is 0. The van der Waals surface area contributed by atoms with E-state index >= 15 is 0 Å². The Morgan fingerprint density at radius 2 is 1.68 bits per heavy atom. The molecule has 146 valence electrons. The summed E-state index contributed by atoms with van der Waals surface area (Å²) < 4.78 is 10.3. The predicted molar refractivity (Wildman–Crippen MR) is 98.6 cm³/mol. The van der Waals surface area contributed by atoms with Crippen LogP contribution in [0.15, 0.2) is 0 Å². The zero-order valence-corrected chi connectivity index (χ0v) is 16.7. The molecule has 0 saturated carbocycles. The Labute approximate surface area is 152 Å². The van der Waals surface area contributed by atoms with Crippen LogP contribution in [0.3, 0.4) is 0 Å². The molecule has 1 aliphatic rings. The summed E-state index contributed by atoms with van der Waals surface area (Å²) in [5.41, 5.74) is -0.576. The standard InChI is InChI=1S/C19H36N2O4/c1-6-7-8-9-10-11-12-20-13-14-21(16(15-20)17(22)24-5)18(23)25-19(2,3)4/h16H,6-15H2,1-5H3. The molecule has 0 bridgehead atoms. The van der Waals surface area contributed by atoms with Gasteiger partial charge in [0.2, 0.25) is 0 Å². The third kappa shape index (κ3) is 8.08. The van der Waals surface area contributed by atoms with Gasteiger partial charge >= 0.3 is 12.1 Å². The maximum Gasteiger partial charge on any atom is 0.411 e. The number of esters is 1. The van der Waals surface area contributed by atoms with Gasteiger partial charge in [-0.25, -0.2) is 9.59 Å². The fourth-order valence-electron chi connectivity index (χ4n) is 3.04. The second kappa shape index (κ2) is 10.6. The molecule has 1 rings (SSSR count). The largest absolute Gasteiger partial charge is 0.467 e. The number of nitrogens with zero attached hydrogens (tertiary/aromatic N) is 2. The maximum atomic E-state index is 12.4. The number of methoxy groups -OCH3 is 1. The fraction of sp³-hybridized carbons (Fsp3) is 0.895. The van der Waals surface area contributed by atoms with Crippen LogP contribution in [0.25, 0.3) is 0 Å². The molecular formula is C19H36N2O4. The van der Waals surface area contributed by atoms with Crippen LogP contribution in [-0.4, -0.2) is 66.8 Å². The van der Waals surface area contributed by atoms with Gasteiger partial charge in [-0.2, -0.15) is 0 Å². The normalized spacial score (nSPS) is 18.9. The molecule has 0 aliphatic carbocycles. The van der Waals surface area contributed by atoms with E-state index in [4.69, 9.17) is 9.47 Å². The molecule has 0 N–H and O–H groups in total. The first kappa shape index (κ1) is 21.7. The lowest BCUT2D eigenvalue weighted by atomic mass is 10.1. The van der Waals surface area contributed by atoms with Crippen LogP contribution in [0.1, 0.15) is 66.2 Å². The van der Waals surface area contributed by atoms with E-state index in [1.807, 2.05) is 20.8 Å². The molecule has 0 spiro atoms. The highest BCUT2D eigenvalue weighted by Crippen LogP contribution is 2.17. The molecule has 0 aromatic rings. The summed E-state index contributed by atoms with van der Waals surface area (Å²) in [6.45, 7) is 10.4. The minimum absolute atomic E-state index is 0.376. The van der Waals surface area contributed by atoms with Gasteiger partial charge < -0.3 is 9.47 Å². The van der Waals surface area contributed by atoms with E-state index in [2.05, 4.69) is 11.8 Å². The van der Waals surface area contributed by atoms with Crippen molar-refractivity contribution in [2.75, 3.05) is 33.3 Å². The van der Waals surface area contributed by atoms with E-state index in [-0.39, 0.29) is 5.97 Å². The molecule has 0 radical (unpaired) electrons. The van der Waals surface area contributed by atoms with Gasteiger partial charge in [0.05, 0.1) is 7.11 Å². The van der Waals surface area contributed by atoms with Gasteiger partial charge in [0.15, 0.2) is 0 Å². The number of amides is 1. The Kier molecular flexibility index (Phi) is 9.25. The summed E-state index contributed by atoms with van der Waals surface area (Å²) in [4.78, 5) is 28.3. The Bertz CT molecular complexity index is 420. The predicted octanol–water partition coefficient (Wildman–Crippen LogP) is 3.44. The van der Waals surface area contributed by atoms with Crippen molar-refractivity contribution in [3.05, 3.63) is 0 Å². The first-order valence-electron chi connectivity index (χ1n) is 9.58. The van der Waals surface area contributed by atoms with E-state index in [1.165, 1.54) is 44.1 Å². The molecule has 6 nitrogen and oxygen atoms in total. The quantitative estimate of drug-likeness (QED) is 0.492. The SMILES string of the molecule is CCCCCCCCN1CCN(C(=O)OC(C)(C)C)C(C(=O)OC)C1. The van der Waals surface area contributed by atoms with Crippen LogP contribution in [0.2, 0.25) is 0 Å². The molecule has 1 saturated heterocycles. The summed E-state index contributed by atoms with van der Waals surface area (Å²) in [5.74, 6) is -0.376. The van der Waals surface area contributed by atoms with Crippen LogP contribution in [0, 0.1) is 0 Å². The Morgan fingerprint density at radius 3 is 2.28 bits per heavy atom. The van der Waals surface area contributed by atoms with Crippen molar-refractivity contribution in [1.82, 2.24) is 9.80 Å². The Balaban J connectivity index is 2.52. The lowest BCUT2D eigenvalue weighted by molar-refractivity contribution is -0.149. The Hall–Kier alpha value is -1.30. The van der Waals surface area contributed by atoms with Crippen molar-refractivity contribution in [1.29, 1.82) is 0 Å². The maximum absolute atomic E-state index is 12.4. The number of carbonyl (C=O) groups excluding carboxylic acids is 2. The molecule has 1 fully saturated rings. The molecule has 6 heteroatoms. The minimum atomic E-state index is -0.589. The average molecular weight is 357 g/mol. The smallest absolute Gasteiger partial charge is 0.411 e. The number of rotatable bonds is 8. The average Bonchev–Trinajstić information content (AvgIpc) is 2.55. The van der Waals surface area contributed by atoms with Crippen molar-refractivity contribution >= 4 is 12.1 Å². The van der Waals surface area contributed by atoms with E-state index in [1.54, 1.807) is 0 Å². The van der Waals surface area contributed by atoms with E-state index in [0.29, 0.717) is 13.1 Å². The van der Waals surface area contributed by atoms with Crippen LogP contribution in [0.4, 0.5) is 4.79 Å². The molecule has 1 amide bonds. The topological polar surface area (TPSA) is 59.1 Å². The molecule has 1 heterocycles. The number of hydrogen-bond acceptors (Lipinski definition) is 5. The lowest BCUT2D eigenvalue weighted by Crippen LogP contribution is -2.59. The summed E-state index contributed by atoms with van der Waals surface area (Å²) in [6, 6.07) is -0.589. The molecule has 1 atom stereocenters.